The molecular weight excluding hydrogens is 322 g/mol. The van der Waals surface area contributed by atoms with E-state index in [2.05, 4.69) is 12.3 Å². The van der Waals surface area contributed by atoms with E-state index in [-0.39, 0.29) is 0 Å². The molecule has 1 saturated heterocycles. The van der Waals surface area contributed by atoms with Crippen LogP contribution in [0.1, 0.15) is 18.4 Å². The Morgan fingerprint density at radius 2 is 1.67 bits per heavy atom. The molecule has 1 heterocycles. The molecule has 24 heavy (non-hydrogen) atoms. The molecule has 0 unspecified atom stereocenters. The van der Waals surface area contributed by atoms with Gasteiger partial charge < -0.3 is 9.64 Å². The molecule has 5 heteroatoms. The molecule has 0 N–H and O–H groups in total. The maximum absolute atomic E-state index is 9.86. The number of halogens is 1. The zero-order valence-electron chi connectivity index (χ0n) is 13.1. The quantitative estimate of drug-likeness (QED) is 0.775. The second-order valence-electron chi connectivity index (χ2n) is 5.83. The first-order chi connectivity index (χ1) is 11.7. The summed E-state index contributed by atoms with van der Waals surface area (Å²) < 4.78 is 6.01. The van der Waals surface area contributed by atoms with E-state index in [1.165, 1.54) is 0 Å². The fraction of sp³-hybridized carbons (Fsp3) is 0.263. The van der Waals surface area contributed by atoms with Gasteiger partial charge in [0.15, 0.2) is 6.19 Å². The summed E-state index contributed by atoms with van der Waals surface area (Å²) in [7, 11) is 0. The number of rotatable bonds is 3. The zero-order valence-corrected chi connectivity index (χ0v) is 13.8. The third-order valence-corrected chi connectivity index (χ3v) is 4.67. The van der Waals surface area contributed by atoms with Gasteiger partial charge in [0.2, 0.25) is 0 Å². The average molecular weight is 338 g/mol. The summed E-state index contributed by atoms with van der Waals surface area (Å²) in [6, 6.07) is 17.2. The SMILES string of the molecule is N#CN1CCC(C#N)(c2ccccc2Oc2ccc(Cl)cc2)CC1. The highest BCUT2D eigenvalue weighted by atomic mass is 35.5. The number of hydrogen-bond donors (Lipinski definition) is 0. The van der Waals surface area contributed by atoms with Crippen molar-refractivity contribution in [3.8, 4) is 23.8 Å². The van der Waals surface area contributed by atoms with Crippen LogP contribution in [-0.4, -0.2) is 18.0 Å². The van der Waals surface area contributed by atoms with Crippen LogP contribution >= 0.6 is 11.6 Å². The maximum Gasteiger partial charge on any atom is 0.179 e. The van der Waals surface area contributed by atoms with Crippen LogP contribution in [0.5, 0.6) is 11.5 Å². The standard InChI is InChI=1S/C19H16ClN3O/c20-15-5-7-16(8-6-15)24-18-4-2-1-3-17(18)19(13-21)9-11-23(14-22)12-10-19/h1-8H,9-12H2. The number of hydrogen-bond acceptors (Lipinski definition) is 4. The van der Waals surface area contributed by atoms with Gasteiger partial charge in [-0.3, -0.25) is 0 Å². The van der Waals surface area contributed by atoms with Gasteiger partial charge in [0.1, 0.15) is 11.5 Å². The fourth-order valence-corrected chi connectivity index (χ4v) is 3.14. The summed E-state index contributed by atoms with van der Waals surface area (Å²) in [4.78, 5) is 1.69. The zero-order chi connectivity index (χ0) is 17.0. The molecule has 0 aromatic heterocycles. The molecular formula is C19H16ClN3O. The summed E-state index contributed by atoms with van der Waals surface area (Å²) in [5.41, 5.74) is 0.246. The van der Waals surface area contributed by atoms with Crippen LogP contribution in [0.4, 0.5) is 0 Å². The minimum absolute atomic E-state index is 0.583. The third-order valence-electron chi connectivity index (χ3n) is 4.42. The number of ether oxygens (including phenoxy) is 1. The Hall–Kier alpha value is -2.69. The van der Waals surface area contributed by atoms with Crippen molar-refractivity contribution < 1.29 is 4.74 Å². The minimum Gasteiger partial charge on any atom is -0.457 e. The van der Waals surface area contributed by atoms with Crippen molar-refractivity contribution in [3.63, 3.8) is 0 Å². The van der Waals surface area contributed by atoms with E-state index in [4.69, 9.17) is 21.6 Å². The molecule has 0 bridgehead atoms. The molecule has 0 spiro atoms. The molecule has 2 aromatic carbocycles. The fourth-order valence-electron chi connectivity index (χ4n) is 3.01. The van der Waals surface area contributed by atoms with Crippen LogP contribution in [-0.2, 0) is 5.41 Å². The van der Waals surface area contributed by atoms with Crippen LogP contribution in [0.15, 0.2) is 48.5 Å². The number of nitrogens with zero attached hydrogens (tertiary/aromatic N) is 3. The molecule has 1 aliphatic rings. The van der Waals surface area contributed by atoms with Crippen molar-refractivity contribution in [2.75, 3.05) is 13.1 Å². The van der Waals surface area contributed by atoms with Gasteiger partial charge in [0.05, 0.1) is 11.5 Å². The van der Waals surface area contributed by atoms with Crippen molar-refractivity contribution in [1.82, 2.24) is 4.90 Å². The van der Waals surface area contributed by atoms with E-state index < -0.39 is 5.41 Å². The van der Waals surface area contributed by atoms with E-state index in [0.29, 0.717) is 42.5 Å². The smallest absolute Gasteiger partial charge is 0.179 e. The third kappa shape index (κ3) is 3.15. The van der Waals surface area contributed by atoms with Crippen LogP contribution < -0.4 is 4.74 Å². The molecule has 120 valence electrons. The summed E-state index contributed by atoms with van der Waals surface area (Å²) in [6.45, 7) is 1.17. The van der Waals surface area contributed by atoms with Crippen LogP contribution in [0.3, 0.4) is 0 Å². The normalized spacial score (nSPS) is 16.0. The predicted molar refractivity (Wildman–Crippen MR) is 91.7 cm³/mol. The van der Waals surface area contributed by atoms with E-state index in [9.17, 15) is 5.26 Å². The van der Waals surface area contributed by atoms with Gasteiger partial charge in [-0.1, -0.05) is 29.8 Å². The van der Waals surface area contributed by atoms with Gasteiger partial charge >= 0.3 is 0 Å². The lowest BCUT2D eigenvalue weighted by Gasteiger charge is -2.35. The van der Waals surface area contributed by atoms with Crippen LogP contribution in [0.25, 0.3) is 0 Å². The minimum atomic E-state index is -0.629. The highest BCUT2D eigenvalue weighted by molar-refractivity contribution is 6.30. The van der Waals surface area contributed by atoms with Crippen molar-refractivity contribution >= 4 is 11.6 Å². The molecule has 0 saturated carbocycles. The maximum atomic E-state index is 9.86. The summed E-state index contributed by atoms with van der Waals surface area (Å²) in [6.07, 6.45) is 3.38. The summed E-state index contributed by atoms with van der Waals surface area (Å²) >= 11 is 5.91. The number of para-hydroxylation sites is 1. The van der Waals surface area contributed by atoms with Gasteiger partial charge in [0, 0.05) is 23.7 Å². The molecule has 0 amide bonds. The number of likely N-dealkylation sites (tertiary alicyclic amines) is 1. The molecule has 1 fully saturated rings. The number of nitriles is 2. The van der Waals surface area contributed by atoms with Gasteiger partial charge in [0.25, 0.3) is 0 Å². The molecule has 0 aliphatic carbocycles. The summed E-state index contributed by atoms with van der Waals surface area (Å²) in [5, 5.41) is 19.5. The molecule has 0 atom stereocenters. The number of benzene rings is 2. The first kappa shape index (κ1) is 16.2. The average Bonchev–Trinajstić information content (AvgIpc) is 2.64. The van der Waals surface area contributed by atoms with E-state index >= 15 is 0 Å². The van der Waals surface area contributed by atoms with Gasteiger partial charge in [-0.25, -0.2) is 0 Å². The molecule has 1 aliphatic heterocycles. The first-order valence-corrected chi connectivity index (χ1v) is 8.13. The first-order valence-electron chi connectivity index (χ1n) is 7.76. The van der Waals surface area contributed by atoms with Crippen molar-refractivity contribution in [1.29, 1.82) is 10.5 Å². The van der Waals surface area contributed by atoms with E-state index in [1.807, 2.05) is 24.3 Å². The van der Waals surface area contributed by atoms with Crippen molar-refractivity contribution in [3.05, 3.63) is 59.1 Å². The van der Waals surface area contributed by atoms with Crippen LogP contribution in [0, 0.1) is 22.8 Å². The molecule has 3 rings (SSSR count). The van der Waals surface area contributed by atoms with Gasteiger partial charge in [-0.05, 0) is 43.2 Å². The Labute approximate surface area is 146 Å². The topological polar surface area (TPSA) is 60.0 Å². The molecule has 2 aromatic rings. The van der Waals surface area contributed by atoms with Crippen molar-refractivity contribution in [2.24, 2.45) is 0 Å². The Morgan fingerprint density at radius 3 is 2.29 bits per heavy atom. The second kappa shape index (κ2) is 6.83. The van der Waals surface area contributed by atoms with E-state index in [1.54, 1.807) is 29.2 Å². The van der Waals surface area contributed by atoms with Gasteiger partial charge in [-0.15, -0.1) is 0 Å². The highest BCUT2D eigenvalue weighted by Crippen LogP contribution is 2.41. The lowest BCUT2D eigenvalue weighted by atomic mass is 9.73. The monoisotopic (exact) mass is 337 g/mol. The Bertz CT molecular complexity index is 797. The predicted octanol–water partition coefficient (Wildman–Crippen LogP) is 4.47. The number of piperidine rings is 1. The highest BCUT2D eigenvalue weighted by Gasteiger charge is 2.38. The lowest BCUT2D eigenvalue weighted by Crippen LogP contribution is -2.39. The molecule has 0 radical (unpaired) electrons. The van der Waals surface area contributed by atoms with Crippen molar-refractivity contribution in [2.45, 2.75) is 18.3 Å². The Morgan fingerprint density at radius 1 is 1.00 bits per heavy atom. The largest absolute Gasteiger partial charge is 0.457 e. The Balaban J connectivity index is 1.92. The Kier molecular flexibility index (Phi) is 4.60. The lowest BCUT2D eigenvalue weighted by molar-refractivity contribution is 0.252. The van der Waals surface area contributed by atoms with Gasteiger partial charge in [-0.2, -0.15) is 10.5 Å². The van der Waals surface area contributed by atoms with Crippen LogP contribution in [0.2, 0.25) is 5.02 Å². The second-order valence-corrected chi connectivity index (χ2v) is 6.27. The summed E-state index contributed by atoms with van der Waals surface area (Å²) in [5.74, 6) is 1.35. The van der Waals surface area contributed by atoms with E-state index in [0.717, 1.165) is 5.56 Å². The molecule has 4 nitrogen and oxygen atoms in total.